The van der Waals surface area contributed by atoms with Crippen LogP contribution in [-0.2, 0) is 19.1 Å². The zero-order chi connectivity index (χ0) is 24.1. The van der Waals surface area contributed by atoms with Crippen molar-refractivity contribution in [2.75, 3.05) is 16.8 Å². The maximum absolute atomic E-state index is 13.1. The number of anilines is 2. The monoisotopic (exact) mass is 504 g/mol. The van der Waals surface area contributed by atoms with Crippen molar-refractivity contribution in [3.8, 4) is 0 Å². The Bertz CT molecular complexity index is 1140. The largest absolute Gasteiger partial charge is 0.452 e. The number of benzene rings is 2. The zero-order valence-corrected chi connectivity index (χ0v) is 19.1. The van der Waals surface area contributed by atoms with Crippen LogP contribution < -0.4 is 10.2 Å². The second kappa shape index (κ2) is 8.67. The molecule has 5 rings (SSSR count). The van der Waals surface area contributed by atoms with Gasteiger partial charge in [-0.1, -0.05) is 0 Å². The number of hydrogen-bond donors (Lipinski definition) is 1. The molecule has 1 saturated heterocycles. The van der Waals surface area contributed by atoms with Gasteiger partial charge in [0.25, 0.3) is 5.91 Å². The lowest BCUT2D eigenvalue weighted by atomic mass is 9.80. The van der Waals surface area contributed by atoms with E-state index in [1.807, 2.05) is 0 Å². The number of imide groups is 1. The van der Waals surface area contributed by atoms with E-state index in [2.05, 4.69) is 5.32 Å². The van der Waals surface area contributed by atoms with Gasteiger partial charge in [0.15, 0.2) is 6.61 Å². The molecule has 7 nitrogen and oxygen atoms in total. The molecule has 0 radical (unpaired) electrons. The highest BCUT2D eigenvalue weighted by atomic mass is 35.5. The lowest BCUT2D eigenvalue weighted by Gasteiger charge is -2.28. The number of carbonyl (C=O) groups excluding carboxylic acids is 4. The highest BCUT2D eigenvalue weighted by molar-refractivity contribution is 6.32. The fourth-order valence-corrected chi connectivity index (χ4v) is 6.19. The number of carbonyl (C=O) groups is 4. The Morgan fingerprint density at radius 3 is 2.06 bits per heavy atom. The minimum absolute atomic E-state index is 0.115. The first-order valence-corrected chi connectivity index (χ1v) is 11.6. The third-order valence-electron chi connectivity index (χ3n) is 6.81. The van der Waals surface area contributed by atoms with Crippen LogP contribution in [0.15, 0.2) is 48.5 Å². The van der Waals surface area contributed by atoms with Gasteiger partial charge in [0.05, 0.1) is 33.8 Å². The van der Waals surface area contributed by atoms with E-state index < -0.39 is 36.1 Å². The third kappa shape index (κ3) is 3.75. The number of ether oxygens (including phenoxy) is 1. The van der Waals surface area contributed by atoms with Gasteiger partial charge in [-0.25, -0.2) is 9.18 Å². The molecule has 2 aromatic carbocycles. The Balaban J connectivity index is 1.21. The lowest BCUT2D eigenvalue weighted by molar-refractivity contribution is -0.123. The molecule has 176 valence electrons. The van der Waals surface area contributed by atoms with E-state index in [0.29, 0.717) is 17.8 Å². The van der Waals surface area contributed by atoms with E-state index in [4.69, 9.17) is 27.9 Å². The standard InChI is InChI=1S/C24H19Cl2FN2O5/c25-20-15-9-16(21(20)26)19-18(15)22(31)29(23(19)32)14-7-1-11(2-8-14)24(33)34-10-17(30)28-13-5-3-12(27)4-6-13/h1-8,15-16,18-21H,9-10H2,(H,28,30)/t15-,16-,18-,19-,20+,21+/m1/s1. The molecule has 1 heterocycles. The van der Waals surface area contributed by atoms with Crippen LogP contribution in [0.2, 0.25) is 0 Å². The van der Waals surface area contributed by atoms with E-state index in [1.54, 1.807) is 0 Å². The molecule has 2 aromatic rings. The summed E-state index contributed by atoms with van der Waals surface area (Å²) < 4.78 is 17.9. The summed E-state index contributed by atoms with van der Waals surface area (Å²) in [7, 11) is 0. The highest BCUT2D eigenvalue weighted by Crippen LogP contribution is 2.59. The molecule has 2 saturated carbocycles. The van der Waals surface area contributed by atoms with Crippen molar-refractivity contribution in [1.29, 1.82) is 0 Å². The van der Waals surface area contributed by atoms with Crippen LogP contribution in [0.5, 0.6) is 0 Å². The third-order valence-corrected chi connectivity index (χ3v) is 8.13. The first-order valence-electron chi connectivity index (χ1n) is 10.7. The van der Waals surface area contributed by atoms with Crippen molar-refractivity contribution in [1.82, 2.24) is 0 Å². The van der Waals surface area contributed by atoms with Crippen LogP contribution in [0.4, 0.5) is 15.8 Å². The molecule has 34 heavy (non-hydrogen) atoms. The number of nitrogens with zero attached hydrogens (tertiary/aromatic N) is 1. The number of alkyl halides is 2. The first kappa shape index (κ1) is 22.8. The molecule has 3 aliphatic rings. The van der Waals surface area contributed by atoms with Gasteiger partial charge in [0, 0.05) is 5.69 Å². The average molecular weight is 505 g/mol. The Hall–Kier alpha value is -2.97. The number of halogens is 3. The number of amides is 3. The number of esters is 1. The average Bonchev–Trinajstić information content (AvgIpc) is 3.44. The Kier molecular flexibility index (Phi) is 5.81. The van der Waals surface area contributed by atoms with Crippen molar-refractivity contribution in [2.45, 2.75) is 17.2 Å². The van der Waals surface area contributed by atoms with E-state index in [9.17, 15) is 23.6 Å². The van der Waals surface area contributed by atoms with Crippen LogP contribution in [0.3, 0.4) is 0 Å². The van der Waals surface area contributed by atoms with Gasteiger partial charge in [0.1, 0.15) is 5.82 Å². The van der Waals surface area contributed by atoms with E-state index in [-0.39, 0.29) is 40.0 Å². The maximum atomic E-state index is 13.1. The summed E-state index contributed by atoms with van der Waals surface area (Å²) in [6, 6.07) is 11.0. The Morgan fingerprint density at radius 2 is 1.50 bits per heavy atom. The molecule has 0 spiro atoms. The Morgan fingerprint density at radius 1 is 0.941 bits per heavy atom. The van der Waals surface area contributed by atoms with Crippen molar-refractivity contribution in [2.24, 2.45) is 23.7 Å². The Labute approximate surface area is 204 Å². The predicted octanol–water partition coefficient (Wildman–Crippen LogP) is 3.59. The molecule has 6 atom stereocenters. The second-order valence-electron chi connectivity index (χ2n) is 8.69. The highest BCUT2D eigenvalue weighted by Gasteiger charge is 2.66. The summed E-state index contributed by atoms with van der Waals surface area (Å²) in [5.41, 5.74) is 0.872. The number of rotatable bonds is 5. The summed E-state index contributed by atoms with van der Waals surface area (Å²) in [6.45, 7) is -0.535. The summed E-state index contributed by atoms with van der Waals surface area (Å²) in [5, 5.41) is 1.82. The van der Waals surface area contributed by atoms with Crippen LogP contribution in [0, 0.1) is 29.5 Å². The van der Waals surface area contributed by atoms with Crippen molar-refractivity contribution in [3.05, 3.63) is 59.9 Å². The van der Waals surface area contributed by atoms with Gasteiger partial charge in [-0.05, 0) is 66.8 Å². The van der Waals surface area contributed by atoms with Crippen molar-refractivity contribution in [3.63, 3.8) is 0 Å². The number of fused-ring (bicyclic) bond motifs is 5. The smallest absolute Gasteiger partial charge is 0.338 e. The van der Waals surface area contributed by atoms with Gasteiger partial charge in [0.2, 0.25) is 11.8 Å². The number of nitrogens with one attached hydrogen (secondary N) is 1. The van der Waals surface area contributed by atoms with E-state index in [1.165, 1.54) is 48.5 Å². The zero-order valence-electron chi connectivity index (χ0n) is 17.6. The fourth-order valence-electron chi connectivity index (χ4n) is 5.29. The molecule has 10 heteroatoms. The van der Waals surface area contributed by atoms with Crippen molar-refractivity contribution >= 4 is 58.3 Å². The molecular weight excluding hydrogens is 486 g/mol. The molecule has 0 unspecified atom stereocenters. The SMILES string of the molecule is O=C(COC(=O)c1ccc(N2C(=O)[C@@H]3[C@H]4C[C@@H]([C@H](Cl)[C@H]4Cl)[C@H]3C2=O)cc1)Nc1ccc(F)cc1. The van der Waals surface area contributed by atoms with Crippen LogP contribution in [-0.4, -0.2) is 41.1 Å². The molecule has 3 fully saturated rings. The molecule has 1 aliphatic heterocycles. The maximum Gasteiger partial charge on any atom is 0.338 e. The van der Waals surface area contributed by atoms with Crippen molar-refractivity contribution < 1.29 is 28.3 Å². The molecule has 2 bridgehead atoms. The first-order chi connectivity index (χ1) is 16.3. The molecule has 3 amide bonds. The van der Waals surface area contributed by atoms with Crippen LogP contribution >= 0.6 is 23.2 Å². The van der Waals surface area contributed by atoms with Crippen LogP contribution in [0.1, 0.15) is 16.8 Å². The quantitative estimate of drug-likeness (QED) is 0.381. The summed E-state index contributed by atoms with van der Waals surface area (Å²) in [4.78, 5) is 51.5. The molecule has 0 aromatic heterocycles. The topological polar surface area (TPSA) is 92.8 Å². The van der Waals surface area contributed by atoms with E-state index >= 15 is 0 Å². The normalized spacial score (nSPS) is 29.3. The van der Waals surface area contributed by atoms with Gasteiger partial charge in [-0.15, -0.1) is 23.2 Å². The number of hydrogen-bond acceptors (Lipinski definition) is 5. The van der Waals surface area contributed by atoms with Gasteiger partial charge in [-0.3, -0.25) is 19.3 Å². The van der Waals surface area contributed by atoms with Gasteiger partial charge >= 0.3 is 5.97 Å². The minimum Gasteiger partial charge on any atom is -0.452 e. The molecule has 1 N–H and O–H groups in total. The summed E-state index contributed by atoms with van der Waals surface area (Å²) in [5.74, 6) is -3.49. The van der Waals surface area contributed by atoms with Gasteiger partial charge in [-0.2, -0.15) is 0 Å². The van der Waals surface area contributed by atoms with E-state index in [0.717, 1.165) is 4.90 Å². The second-order valence-corrected chi connectivity index (χ2v) is 9.70. The summed E-state index contributed by atoms with van der Waals surface area (Å²) >= 11 is 12.8. The predicted molar refractivity (Wildman–Crippen MR) is 122 cm³/mol. The van der Waals surface area contributed by atoms with Crippen LogP contribution in [0.25, 0.3) is 0 Å². The lowest BCUT2D eigenvalue weighted by Crippen LogP contribution is -2.37. The summed E-state index contributed by atoms with van der Waals surface area (Å²) in [6.07, 6.45) is 0.683. The minimum atomic E-state index is -0.746. The molecular formula is C24H19Cl2FN2O5. The fraction of sp³-hybridized carbons (Fsp3) is 0.333. The van der Waals surface area contributed by atoms with Gasteiger partial charge < -0.3 is 10.1 Å². The molecule has 2 aliphatic carbocycles.